The van der Waals surface area contributed by atoms with Crippen LogP contribution in [0.3, 0.4) is 0 Å². The number of thioether (sulfide) groups is 1. The molecule has 0 atom stereocenters. The number of hydrogen-bond donors (Lipinski definition) is 1. The van der Waals surface area contributed by atoms with Gasteiger partial charge in [0.05, 0.1) is 0 Å². The number of pyridine rings is 1. The third-order valence-corrected chi connectivity index (χ3v) is 4.49. The van der Waals surface area contributed by atoms with Gasteiger partial charge in [0.1, 0.15) is 5.82 Å². The van der Waals surface area contributed by atoms with Gasteiger partial charge in [0.25, 0.3) is 0 Å². The first-order valence-corrected chi connectivity index (χ1v) is 8.81. The van der Waals surface area contributed by atoms with Crippen LogP contribution in [0.25, 0.3) is 0 Å². The number of nitrogens with one attached hydrogen (secondary N) is 1. The zero-order valence-corrected chi connectivity index (χ0v) is 16.8. The van der Waals surface area contributed by atoms with Crippen LogP contribution in [0.4, 0.5) is 5.82 Å². The van der Waals surface area contributed by atoms with Gasteiger partial charge in [-0.2, -0.15) is 11.8 Å². The van der Waals surface area contributed by atoms with Gasteiger partial charge in [0.2, 0.25) is 0 Å². The van der Waals surface area contributed by atoms with Crippen LogP contribution in [0.1, 0.15) is 0 Å². The predicted octanol–water partition coefficient (Wildman–Crippen LogP) is 2.32. The number of nitrogens with zero attached hydrogens (tertiary/aromatic N) is 4. The summed E-state index contributed by atoms with van der Waals surface area (Å²) >= 11 is 1.88. The normalized spacial score (nSPS) is 15.1. The predicted molar refractivity (Wildman–Crippen MR) is 112 cm³/mol. The van der Waals surface area contributed by atoms with Gasteiger partial charge >= 0.3 is 0 Å². The van der Waals surface area contributed by atoms with Crippen molar-refractivity contribution in [3.8, 4) is 0 Å². The number of anilines is 1. The average Bonchev–Trinajstić information content (AvgIpc) is 2.59. The summed E-state index contributed by atoms with van der Waals surface area (Å²) in [6.45, 7) is 8.56. The first-order chi connectivity index (χ1) is 10.8. The Kier molecular flexibility index (Phi) is 10.1. The second-order valence-corrected chi connectivity index (χ2v) is 6.15. The van der Waals surface area contributed by atoms with Crippen molar-refractivity contribution in [1.82, 2.24) is 15.2 Å². The summed E-state index contributed by atoms with van der Waals surface area (Å²) in [6.07, 6.45) is 3.79. The van der Waals surface area contributed by atoms with E-state index in [-0.39, 0.29) is 24.0 Å². The molecular weight excluding hydrogens is 421 g/mol. The number of halogens is 1. The van der Waals surface area contributed by atoms with Gasteiger partial charge in [0, 0.05) is 57.5 Å². The molecule has 0 unspecified atom stereocenters. The monoisotopic (exact) mass is 447 g/mol. The Labute approximate surface area is 160 Å². The molecule has 5 nitrogen and oxygen atoms in total. The SMILES string of the molecule is C=CCSCCNC(=NC)N1CCN(c2ccccn2)CC1.I. The summed E-state index contributed by atoms with van der Waals surface area (Å²) in [6, 6.07) is 6.06. The van der Waals surface area contributed by atoms with Gasteiger partial charge in [-0.05, 0) is 12.1 Å². The molecule has 23 heavy (non-hydrogen) atoms. The van der Waals surface area contributed by atoms with Crippen molar-refractivity contribution >= 4 is 47.5 Å². The quantitative estimate of drug-likeness (QED) is 0.239. The van der Waals surface area contributed by atoms with Gasteiger partial charge in [-0.1, -0.05) is 12.1 Å². The zero-order chi connectivity index (χ0) is 15.6. The van der Waals surface area contributed by atoms with E-state index < -0.39 is 0 Å². The van der Waals surface area contributed by atoms with Crippen molar-refractivity contribution in [2.75, 3.05) is 56.2 Å². The third-order valence-electron chi connectivity index (χ3n) is 3.53. The Morgan fingerprint density at radius 1 is 1.39 bits per heavy atom. The van der Waals surface area contributed by atoms with Crippen LogP contribution in [0.5, 0.6) is 0 Å². The third kappa shape index (κ3) is 6.58. The number of aromatic nitrogens is 1. The van der Waals surface area contributed by atoms with Crippen LogP contribution in [0.15, 0.2) is 42.0 Å². The Morgan fingerprint density at radius 3 is 2.78 bits per heavy atom. The summed E-state index contributed by atoms with van der Waals surface area (Å²) in [4.78, 5) is 13.5. The smallest absolute Gasteiger partial charge is 0.193 e. The Morgan fingerprint density at radius 2 is 2.17 bits per heavy atom. The lowest BCUT2D eigenvalue weighted by Crippen LogP contribution is -2.53. The standard InChI is InChI=1S/C16H25N5S.HI/c1-3-13-22-14-8-19-16(17-2)21-11-9-20(10-12-21)15-6-4-5-7-18-15;/h3-7H,1,8-14H2,2H3,(H,17,19);1H. The zero-order valence-electron chi connectivity index (χ0n) is 13.6. The highest BCUT2D eigenvalue weighted by atomic mass is 127. The Hall–Kier alpha value is -0.960. The second kappa shape index (κ2) is 11.6. The second-order valence-electron chi connectivity index (χ2n) is 5.00. The molecule has 1 N–H and O–H groups in total. The number of aliphatic imine (C=N–C) groups is 1. The van der Waals surface area contributed by atoms with E-state index in [0.717, 1.165) is 56.0 Å². The molecule has 2 rings (SSSR count). The maximum absolute atomic E-state index is 4.42. The van der Waals surface area contributed by atoms with E-state index in [4.69, 9.17) is 0 Å². The number of piperazine rings is 1. The van der Waals surface area contributed by atoms with Gasteiger partial charge in [-0.25, -0.2) is 4.98 Å². The molecule has 1 aromatic heterocycles. The maximum Gasteiger partial charge on any atom is 0.193 e. The molecule has 1 saturated heterocycles. The molecule has 0 amide bonds. The molecule has 1 aliphatic heterocycles. The van der Waals surface area contributed by atoms with Crippen molar-refractivity contribution in [2.24, 2.45) is 4.99 Å². The minimum absolute atomic E-state index is 0. The molecule has 0 spiro atoms. The largest absolute Gasteiger partial charge is 0.355 e. The van der Waals surface area contributed by atoms with E-state index in [2.05, 4.69) is 37.7 Å². The molecule has 1 aromatic rings. The summed E-state index contributed by atoms with van der Waals surface area (Å²) < 4.78 is 0. The van der Waals surface area contributed by atoms with Crippen molar-refractivity contribution in [1.29, 1.82) is 0 Å². The lowest BCUT2D eigenvalue weighted by Gasteiger charge is -2.37. The van der Waals surface area contributed by atoms with Crippen LogP contribution >= 0.6 is 35.7 Å². The molecule has 0 radical (unpaired) electrons. The van der Waals surface area contributed by atoms with E-state index in [0.29, 0.717) is 0 Å². The van der Waals surface area contributed by atoms with Gasteiger partial charge in [0.15, 0.2) is 5.96 Å². The van der Waals surface area contributed by atoms with E-state index in [9.17, 15) is 0 Å². The lowest BCUT2D eigenvalue weighted by atomic mass is 10.3. The highest BCUT2D eigenvalue weighted by molar-refractivity contribution is 14.0. The molecule has 2 heterocycles. The average molecular weight is 447 g/mol. The van der Waals surface area contributed by atoms with Crippen LogP contribution in [0.2, 0.25) is 0 Å². The molecule has 1 aliphatic rings. The molecule has 0 aliphatic carbocycles. The Bertz CT molecular complexity index is 475. The van der Waals surface area contributed by atoms with Crippen LogP contribution in [-0.2, 0) is 0 Å². The molecule has 7 heteroatoms. The van der Waals surface area contributed by atoms with Crippen molar-refractivity contribution < 1.29 is 0 Å². The van der Waals surface area contributed by atoms with Crippen molar-refractivity contribution in [3.05, 3.63) is 37.1 Å². The van der Waals surface area contributed by atoms with Gasteiger partial charge in [-0.15, -0.1) is 30.6 Å². The van der Waals surface area contributed by atoms with E-state index in [1.165, 1.54) is 0 Å². The van der Waals surface area contributed by atoms with Crippen LogP contribution in [-0.4, -0.2) is 67.1 Å². The lowest BCUT2D eigenvalue weighted by molar-refractivity contribution is 0.372. The van der Waals surface area contributed by atoms with Crippen molar-refractivity contribution in [3.63, 3.8) is 0 Å². The first-order valence-electron chi connectivity index (χ1n) is 7.65. The maximum atomic E-state index is 4.42. The molecular formula is C16H26IN5S. The molecule has 0 saturated carbocycles. The van der Waals surface area contributed by atoms with E-state index >= 15 is 0 Å². The minimum atomic E-state index is 0. The first kappa shape index (κ1) is 20.1. The fraction of sp³-hybridized carbons (Fsp3) is 0.500. The number of rotatable bonds is 6. The highest BCUT2D eigenvalue weighted by Gasteiger charge is 2.19. The van der Waals surface area contributed by atoms with Crippen LogP contribution < -0.4 is 10.2 Å². The molecule has 1 fully saturated rings. The van der Waals surface area contributed by atoms with Crippen LogP contribution in [0, 0.1) is 0 Å². The van der Waals surface area contributed by atoms with Crippen molar-refractivity contribution in [2.45, 2.75) is 0 Å². The Balaban J connectivity index is 0.00000264. The minimum Gasteiger partial charge on any atom is -0.355 e. The van der Waals surface area contributed by atoms with E-state index in [1.54, 1.807) is 0 Å². The van der Waals surface area contributed by atoms with Gasteiger partial charge in [-0.3, -0.25) is 4.99 Å². The van der Waals surface area contributed by atoms with Gasteiger partial charge < -0.3 is 15.1 Å². The highest BCUT2D eigenvalue weighted by Crippen LogP contribution is 2.12. The summed E-state index contributed by atoms with van der Waals surface area (Å²) in [5, 5.41) is 3.44. The fourth-order valence-electron chi connectivity index (χ4n) is 2.42. The topological polar surface area (TPSA) is 43.8 Å². The molecule has 128 valence electrons. The number of guanidine groups is 1. The van der Waals surface area contributed by atoms with E-state index in [1.807, 2.05) is 43.2 Å². The molecule has 0 bridgehead atoms. The summed E-state index contributed by atoms with van der Waals surface area (Å²) in [5.74, 6) is 4.13. The molecule has 0 aromatic carbocycles. The fourth-order valence-corrected chi connectivity index (χ4v) is 3.00. The summed E-state index contributed by atoms with van der Waals surface area (Å²) in [7, 11) is 1.85. The number of hydrogen-bond acceptors (Lipinski definition) is 4. The summed E-state index contributed by atoms with van der Waals surface area (Å²) in [5.41, 5.74) is 0.